The number of hydrogen-bond donors (Lipinski definition) is 2. The Morgan fingerprint density at radius 3 is 2.46 bits per heavy atom. The number of carbonyl (C=O) groups excluding carboxylic acids is 5. The van der Waals surface area contributed by atoms with E-state index in [0.29, 0.717) is 19.4 Å². The van der Waals surface area contributed by atoms with Crippen LogP contribution in [0.15, 0.2) is 55.6 Å². The molecule has 1 aromatic rings. The van der Waals surface area contributed by atoms with E-state index in [2.05, 4.69) is 23.8 Å². The van der Waals surface area contributed by atoms with E-state index in [1.807, 2.05) is 30.3 Å². The standard InChI is InChI=1S/C27H36N4O6/c1-5-11-21(29-19(3)32)26(35)31-16-10-14-22(31)27(36)30(15-6-2)23(25(34)28-4)17-24(33)37-18-20-12-8-7-9-13-20/h5-9,12-13,21-23H,1-2,10-11,14-18H2,3-4H3,(H,28,34)(H,29,32)/t21-,22-,23-/m0/s1. The predicted molar refractivity (Wildman–Crippen MR) is 138 cm³/mol. The summed E-state index contributed by atoms with van der Waals surface area (Å²) in [6.07, 6.45) is 3.80. The highest BCUT2D eigenvalue weighted by Gasteiger charge is 2.42. The van der Waals surface area contributed by atoms with Crippen LogP contribution in [0.2, 0.25) is 0 Å². The number of esters is 1. The second kappa shape index (κ2) is 14.6. The van der Waals surface area contributed by atoms with Gasteiger partial charge in [-0.2, -0.15) is 0 Å². The Kier molecular flexibility index (Phi) is 11.5. The highest BCUT2D eigenvalue weighted by Crippen LogP contribution is 2.23. The first-order valence-electron chi connectivity index (χ1n) is 12.2. The summed E-state index contributed by atoms with van der Waals surface area (Å²) in [5, 5.41) is 5.11. The minimum Gasteiger partial charge on any atom is -0.461 e. The molecule has 2 rings (SSSR count). The second-order valence-corrected chi connectivity index (χ2v) is 8.73. The molecule has 0 aromatic heterocycles. The van der Waals surface area contributed by atoms with E-state index < -0.39 is 41.8 Å². The van der Waals surface area contributed by atoms with Gasteiger partial charge in [-0.25, -0.2) is 0 Å². The van der Waals surface area contributed by atoms with Gasteiger partial charge in [0.15, 0.2) is 0 Å². The lowest BCUT2D eigenvalue weighted by Crippen LogP contribution is -2.57. The lowest BCUT2D eigenvalue weighted by molar-refractivity contribution is -0.153. The molecule has 3 atom stereocenters. The van der Waals surface area contributed by atoms with Crippen molar-refractivity contribution in [3.05, 3.63) is 61.2 Å². The molecule has 0 unspecified atom stereocenters. The van der Waals surface area contributed by atoms with Gasteiger partial charge in [0.1, 0.15) is 24.7 Å². The van der Waals surface area contributed by atoms with Crippen molar-refractivity contribution in [3.8, 4) is 0 Å². The molecule has 2 N–H and O–H groups in total. The number of likely N-dealkylation sites (tertiary alicyclic amines) is 1. The normalized spacial score (nSPS) is 16.2. The molecule has 0 saturated carbocycles. The molecule has 1 saturated heterocycles. The first-order valence-corrected chi connectivity index (χ1v) is 12.2. The predicted octanol–water partition coefficient (Wildman–Crippen LogP) is 1.32. The van der Waals surface area contributed by atoms with Gasteiger partial charge in [-0.1, -0.05) is 42.5 Å². The fraction of sp³-hybridized carbons (Fsp3) is 0.444. The Morgan fingerprint density at radius 1 is 1.16 bits per heavy atom. The van der Waals surface area contributed by atoms with E-state index in [0.717, 1.165) is 5.56 Å². The Labute approximate surface area is 217 Å². The maximum atomic E-state index is 13.7. The molecule has 1 aliphatic rings. The summed E-state index contributed by atoms with van der Waals surface area (Å²) in [5.74, 6) is -2.43. The summed E-state index contributed by atoms with van der Waals surface area (Å²) in [4.78, 5) is 66.7. The highest BCUT2D eigenvalue weighted by atomic mass is 16.5. The second-order valence-electron chi connectivity index (χ2n) is 8.73. The zero-order valence-corrected chi connectivity index (χ0v) is 21.5. The van der Waals surface area contributed by atoms with E-state index in [1.54, 1.807) is 0 Å². The fourth-order valence-corrected chi connectivity index (χ4v) is 4.29. The number of hydrogen-bond acceptors (Lipinski definition) is 6. The minimum absolute atomic E-state index is 0.0107. The number of rotatable bonds is 13. The molecule has 0 radical (unpaired) electrons. The van der Waals surface area contributed by atoms with Crippen molar-refractivity contribution in [3.63, 3.8) is 0 Å². The first-order chi connectivity index (χ1) is 17.7. The molecule has 10 heteroatoms. The summed E-state index contributed by atoms with van der Waals surface area (Å²) in [5.41, 5.74) is 0.791. The number of likely N-dealkylation sites (N-methyl/N-ethyl adjacent to an activating group) is 1. The van der Waals surface area contributed by atoms with Crippen LogP contribution in [0, 0.1) is 0 Å². The van der Waals surface area contributed by atoms with Gasteiger partial charge in [0, 0.05) is 27.1 Å². The summed E-state index contributed by atoms with van der Waals surface area (Å²) >= 11 is 0. The van der Waals surface area contributed by atoms with E-state index >= 15 is 0 Å². The molecule has 10 nitrogen and oxygen atoms in total. The van der Waals surface area contributed by atoms with Crippen LogP contribution < -0.4 is 10.6 Å². The zero-order chi connectivity index (χ0) is 27.4. The van der Waals surface area contributed by atoms with E-state index in [-0.39, 0.29) is 31.9 Å². The molecule has 1 aromatic carbocycles. The largest absolute Gasteiger partial charge is 0.461 e. The average Bonchev–Trinajstić information content (AvgIpc) is 3.38. The Balaban J connectivity index is 2.23. The van der Waals surface area contributed by atoms with Gasteiger partial charge in [-0.3, -0.25) is 24.0 Å². The molecular formula is C27H36N4O6. The smallest absolute Gasteiger partial charge is 0.308 e. The molecule has 1 heterocycles. The summed E-state index contributed by atoms with van der Waals surface area (Å²) in [6, 6.07) is 6.25. The Morgan fingerprint density at radius 2 is 1.86 bits per heavy atom. The van der Waals surface area contributed by atoms with E-state index in [1.165, 1.54) is 35.9 Å². The van der Waals surface area contributed by atoms with Crippen molar-refractivity contribution in [1.29, 1.82) is 0 Å². The zero-order valence-electron chi connectivity index (χ0n) is 21.5. The van der Waals surface area contributed by atoms with Crippen LogP contribution >= 0.6 is 0 Å². The molecular weight excluding hydrogens is 476 g/mol. The number of nitrogens with zero attached hydrogens (tertiary/aromatic N) is 2. The van der Waals surface area contributed by atoms with Crippen LogP contribution in [0.3, 0.4) is 0 Å². The SMILES string of the molecule is C=CC[C@H](NC(C)=O)C(=O)N1CCC[C@H]1C(=O)N(CC=C)[C@@H](CC(=O)OCc1ccccc1)C(=O)NC. The van der Waals surface area contributed by atoms with Crippen LogP contribution in [0.4, 0.5) is 0 Å². The third kappa shape index (κ3) is 8.30. The van der Waals surface area contributed by atoms with Gasteiger partial charge in [0.2, 0.25) is 23.6 Å². The fourth-order valence-electron chi connectivity index (χ4n) is 4.29. The maximum absolute atomic E-state index is 13.7. The van der Waals surface area contributed by atoms with Crippen molar-refractivity contribution >= 4 is 29.6 Å². The van der Waals surface area contributed by atoms with Gasteiger partial charge < -0.3 is 25.2 Å². The average molecular weight is 513 g/mol. The number of carbonyl (C=O) groups is 5. The molecule has 0 spiro atoms. The third-order valence-electron chi connectivity index (χ3n) is 6.04. The quantitative estimate of drug-likeness (QED) is 0.303. The molecule has 1 aliphatic heterocycles. The van der Waals surface area contributed by atoms with Crippen molar-refractivity contribution in [2.45, 2.75) is 57.3 Å². The van der Waals surface area contributed by atoms with Gasteiger partial charge in [0.25, 0.3) is 0 Å². The minimum atomic E-state index is -1.16. The van der Waals surface area contributed by atoms with Gasteiger partial charge >= 0.3 is 5.97 Å². The number of benzene rings is 1. The maximum Gasteiger partial charge on any atom is 0.308 e. The monoisotopic (exact) mass is 512 g/mol. The first kappa shape index (κ1) is 29.3. The number of amides is 4. The van der Waals surface area contributed by atoms with Crippen molar-refractivity contribution in [1.82, 2.24) is 20.4 Å². The summed E-state index contributed by atoms with van der Waals surface area (Å²) < 4.78 is 5.34. The van der Waals surface area contributed by atoms with Gasteiger partial charge in [0.05, 0.1) is 6.42 Å². The molecule has 4 amide bonds. The summed E-state index contributed by atoms with van der Waals surface area (Å²) in [7, 11) is 1.42. The van der Waals surface area contributed by atoms with Crippen molar-refractivity contribution in [2.24, 2.45) is 0 Å². The van der Waals surface area contributed by atoms with Crippen molar-refractivity contribution in [2.75, 3.05) is 20.1 Å². The van der Waals surface area contributed by atoms with Crippen LogP contribution in [0.25, 0.3) is 0 Å². The number of ether oxygens (including phenoxy) is 1. The lowest BCUT2D eigenvalue weighted by Gasteiger charge is -2.35. The Hall–Kier alpha value is -3.95. The van der Waals surface area contributed by atoms with Gasteiger partial charge in [-0.05, 0) is 24.8 Å². The van der Waals surface area contributed by atoms with Crippen molar-refractivity contribution < 1.29 is 28.7 Å². The topological polar surface area (TPSA) is 125 Å². The van der Waals surface area contributed by atoms with Crippen LogP contribution in [-0.2, 0) is 35.3 Å². The lowest BCUT2D eigenvalue weighted by atomic mass is 10.1. The van der Waals surface area contributed by atoms with Crippen LogP contribution in [-0.4, -0.2) is 77.7 Å². The Bertz CT molecular complexity index is 996. The number of nitrogens with one attached hydrogen (secondary N) is 2. The molecule has 0 aliphatic carbocycles. The highest BCUT2D eigenvalue weighted by molar-refractivity contribution is 5.95. The molecule has 200 valence electrons. The van der Waals surface area contributed by atoms with Gasteiger partial charge in [-0.15, -0.1) is 13.2 Å². The van der Waals surface area contributed by atoms with E-state index in [4.69, 9.17) is 4.74 Å². The molecule has 37 heavy (non-hydrogen) atoms. The van der Waals surface area contributed by atoms with Crippen LogP contribution in [0.5, 0.6) is 0 Å². The molecule has 1 fully saturated rings. The molecule has 0 bridgehead atoms. The van der Waals surface area contributed by atoms with E-state index in [9.17, 15) is 24.0 Å². The van der Waals surface area contributed by atoms with Crippen LogP contribution in [0.1, 0.15) is 38.2 Å². The third-order valence-corrected chi connectivity index (χ3v) is 6.04. The summed E-state index contributed by atoms with van der Waals surface area (Å²) in [6.45, 7) is 9.00.